The zero-order valence-electron chi connectivity index (χ0n) is 16.8. The predicted molar refractivity (Wildman–Crippen MR) is 109 cm³/mol. The minimum atomic E-state index is -0.985. The summed E-state index contributed by atoms with van der Waals surface area (Å²) in [7, 11) is 0. The summed E-state index contributed by atoms with van der Waals surface area (Å²) in [5.74, 6) is -1.44. The van der Waals surface area contributed by atoms with Crippen LogP contribution in [0.4, 0.5) is 0 Å². The Morgan fingerprint density at radius 3 is 2.18 bits per heavy atom. The van der Waals surface area contributed by atoms with Crippen LogP contribution in [0.1, 0.15) is 46.5 Å². The van der Waals surface area contributed by atoms with Gasteiger partial charge in [-0.25, -0.2) is 4.79 Å². The molecule has 2 rings (SSSR count). The van der Waals surface area contributed by atoms with E-state index in [0.29, 0.717) is 5.56 Å². The average Bonchev–Trinajstić information content (AvgIpc) is 2.64. The topological polar surface area (TPSA) is 72.5 Å². The number of carbonyl (C=O) groups excluding carboxylic acids is 3. The van der Waals surface area contributed by atoms with Gasteiger partial charge in [0, 0.05) is 12.5 Å². The van der Waals surface area contributed by atoms with Gasteiger partial charge in [0.25, 0.3) is 0 Å². The SMILES string of the molecule is CC(=O)N/C(=C\c1ccccc1)C(=O)O[C@H](C)C(=O)c1cc(C)c(C)cc1C. The Morgan fingerprint density at radius 1 is 0.964 bits per heavy atom. The first-order valence-corrected chi connectivity index (χ1v) is 9.06. The van der Waals surface area contributed by atoms with E-state index in [2.05, 4.69) is 5.32 Å². The summed E-state index contributed by atoms with van der Waals surface area (Å²) in [4.78, 5) is 36.8. The summed E-state index contributed by atoms with van der Waals surface area (Å²) in [5, 5.41) is 2.48. The molecule has 5 heteroatoms. The fraction of sp³-hybridized carbons (Fsp3) is 0.261. The molecule has 0 unspecified atom stereocenters. The Bertz CT molecular complexity index is 929. The molecule has 5 nitrogen and oxygen atoms in total. The molecule has 0 aliphatic carbocycles. The third-order valence-electron chi connectivity index (χ3n) is 4.40. The molecule has 0 saturated heterocycles. The standard InChI is InChI=1S/C23H25NO4/c1-14-11-16(3)20(12-15(14)2)22(26)17(4)28-23(27)21(24-18(5)25)13-19-9-7-6-8-10-19/h6-13,17H,1-5H3,(H,24,25)/b21-13-/t17-/m1/s1. The number of carbonyl (C=O) groups is 3. The first-order valence-electron chi connectivity index (χ1n) is 9.06. The van der Waals surface area contributed by atoms with E-state index >= 15 is 0 Å². The van der Waals surface area contributed by atoms with Gasteiger partial charge in [-0.05, 0) is 62.1 Å². The maximum absolute atomic E-state index is 12.8. The fourth-order valence-corrected chi connectivity index (χ4v) is 2.77. The molecule has 0 aromatic heterocycles. The number of benzene rings is 2. The predicted octanol–water partition coefficient (Wildman–Crippen LogP) is 3.90. The van der Waals surface area contributed by atoms with Crippen molar-refractivity contribution in [1.82, 2.24) is 5.32 Å². The molecule has 1 atom stereocenters. The van der Waals surface area contributed by atoms with Crippen LogP contribution in [0, 0.1) is 20.8 Å². The second-order valence-corrected chi connectivity index (χ2v) is 6.81. The summed E-state index contributed by atoms with van der Waals surface area (Å²) in [6, 6.07) is 12.8. The molecule has 0 fully saturated rings. The largest absolute Gasteiger partial charge is 0.450 e. The summed E-state index contributed by atoms with van der Waals surface area (Å²) in [6.07, 6.45) is 0.531. The molecule has 0 bridgehead atoms. The molecular weight excluding hydrogens is 354 g/mol. The normalized spacial score (nSPS) is 12.2. The molecule has 0 spiro atoms. The zero-order valence-corrected chi connectivity index (χ0v) is 16.8. The van der Waals surface area contributed by atoms with E-state index in [9.17, 15) is 14.4 Å². The van der Waals surface area contributed by atoms with Crippen LogP contribution in [-0.4, -0.2) is 23.8 Å². The second-order valence-electron chi connectivity index (χ2n) is 6.81. The molecule has 1 N–H and O–H groups in total. The Kier molecular flexibility index (Phi) is 6.88. The van der Waals surface area contributed by atoms with E-state index in [0.717, 1.165) is 22.3 Å². The maximum Gasteiger partial charge on any atom is 0.355 e. The Labute approximate surface area is 165 Å². The Morgan fingerprint density at radius 2 is 1.57 bits per heavy atom. The first-order chi connectivity index (χ1) is 13.2. The summed E-state index contributed by atoms with van der Waals surface area (Å²) >= 11 is 0. The van der Waals surface area contributed by atoms with Crippen molar-refractivity contribution < 1.29 is 19.1 Å². The Hall–Kier alpha value is -3.21. The molecule has 146 valence electrons. The molecule has 1 amide bonds. The van der Waals surface area contributed by atoms with Gasteiger partial charge >= 0.3 is 5.97 Å². The van der Waals surface area contributed by atoms with Crippen molar-refractivity contribution in [1.29, 1.82) is 0 Å². The van der Waals surface area contributed by atoms with E-state index in [-0.39, 0.29) is 11.5 Å². The number of aryl methyl sites for hydroxylation is 3. The quantitative estimate of drug-likeness (QED) is 0.469. The lowest BCUT2D eigenvalue weighted by Crippen LogP contribution is -2.31. The van der Waals surface area contributed by atoms with Crippen LogP contribution in [-0.2, 0) is 14.3 Å². The lowest BCUT2D eigenvalue weighted by Gasteiger charge is -2.16. The summed E-state index contributed by atoms with van der Waals surface area (Å²) < 4.78 is 5.36. The molecule has 28 heavy (non-hydrogen) atoms. The van der Waals surface area contributed by atoms with Gasteiger partial charge in [-0.2, -0.15) is 0 Å². The van der Waals surface area contributed by atoms with Gasteiger partial charge in [0.05, 0.1) is 0 Å². The number of rotatable bonds is 6. The first kappa shape index (κ1) is 21.1. The fourth-order valence-electron chi connectivity index (χ4n) is 2.77. The van der Waals surface area contributed by atoms with Gasteiger partial charge in [-0.15, -0.1) is 0 Å². The van der Waals surface area contributed by atoms with Gasteiger partial charge in [0.15, 0.2) is 6.10 Å². The van der Waals surface area contributed by atoms with Crippen LogP contribution >= 0.6 is 0 Å². The van der Waals surface area contributed by atoms with Crippen LogP contribution in [0.15, 0.2) is 48.2 Å². The molecule has 0 saturated carbocycles. The number of esters is 1. The molecule has 0 aliphatic heterocycles. The van der Waals surface area contributed by atoms with Gasteiger partial charge in [-0.1, -0.05) is 36.4 Å². The lowest BCUT2D eigenvalue weighted by molar-refractivity contribution is -0.142. The van der Waals surface area contributed by atoms with Crippen LogP contribution in [0.3, 0.4) is 0 Å². The zero-order chi connectivity index (χ0) is 20.8. The van der Waals surface area contributed by atoms with E-state index < -0.39 is 18.0 Å². The van der Waals surface area contributed by atoms with Gasteiger partial charge in [0.1, 0.15) is 5.70 Å². The highest BCUT2D eigenvalue weighted by molar-refractivity contribution is 6.03. The summed E-state index contributed by atoms with van der Waals surface area (Å²) in [6.45, 7) is 8.60. The van der Waals surface area contributed by atoms with Crippen LogP contribution in [0.5, 0.6) is 0 Å². The number of hydrogen-bond acceptors (Lipinski definition) is 4. The number of nitrogens with one attached hydrogen (secondary N) is 1. The lowest BCUT2D eigenvalue weighted by atomic mass is 9.96. The van der Waals surface area contributed by atoms with Gasteiger partial charge in [-0.3, -0.25) is 9.59 Å². The summed E-state index contributed by atoms with van der Waals surface area (Å²) in [5.41, 5.74) is 4.16. The minimum Gasteiger partial charge on any atom is -0.450 e. The number of amides is 1. The molecule has 0 radical (unpaired) electrons. The highest BCUT2D eigenvalue weighted by Gasteiger charge is 2.24. The van der Waals surface area contributed by atoms with Crippen molar-refractivity contribution in [2.45, 2.75) is 40.7 Å². The van der Waals surface area contributed by atoms with Crippen molar-refractivity contribution in [2.24, 2.45) is 0 Å². The highest BCUT2D eigenvalue weighted by atomic mass is 16.5. The second kappa shape index (κ2) is 9.13. The monoisotopic (exact) mass is 379 g/mol. The van der Waals surface area contributed by atoms with Crippen molar-refractivity contribution >= 4 is 23.7 Å². The van der Waals surface area contributed by atoms with Gasteiger partial charge < -0.3 is 10.1 Å². The Balaban J connectivity index is 2.22. The number of ketones is 1. The van der Waals surface area contributed by atoms with E-state index in [1.54, 1.807) is 12.1 Å². The number of ether oxygens (including phenoxy) is 1. The van der Waals surface area contributed by atoms with Crippen molar-refractivity contribution in [3.8, 4) is 0 Å². The molecular formula is C23H25NO4. The van der Waals surface area contributed by atoms with Crippen LogP contribution in [0.2, 0.25) is 0 Å². The average molecular weight is 379 g/mol. The molecule has 2 aromatic rings. The number of hydrogen-bond donors (Lipinski definition) is 1. The van der Waals surface area contributed by atoms with E-state index in [4.69, 9.17) is 4.74 Å². The third-order valence-corrected chi connectivity index (χ3v) is 4.40. The maximum atomic E-state index is 12.8. The minimum absolute atomic E-state index is 0.0184. The van der Waals surface area contributed by atoms with Crippen molar-refractivity contribution in [3.63, 3.8) is 0 Å². The van der Waals surface area contributed by atoms with E-state index in [1.807, 2.05) is 51.1 Å². The van der Waals surface area contributed by atoms with Gasteiger partial charge in [0.2, 0.25) is 11.7 Å². The van der Waals surface area contributed by atoms with Crippen LogP contribution < -0.4 is 5.32 Å². The highest BCUT2D eigenvalue weighted by Crippen LogP contribution is 2.18. The number of Topliss-reactive ketones (excluding diaryl/α,β-unsaturated/α-hetero) is 1. The molecule has 0 aliphatic rings. The molecule has 2 aromatic carbocycles. The van der Waals surface area contributed by atoms with E-state index in [1.165, 1.54) is 19.9 Å². The smallest absolute Gasteiger partial charge is 0.355 e. The van der Waals surface area contributed by atoms with Crippen LogP contribution in [0.25, 0.3) is 6.08 Å². The molecule has 0 heterocycles. The van der Waals surface area contributed by atoms with Crippen molar-refractivity contribution in [2.75, 3.05) is 0 Å². The van der Waals surface area contributed by atoms with Crippen molar-refractivity contribution in [3.05, 3.63) is 76.0 Å². The third kappa shape index (κ3) is 5.39.